The number of aromatic nitrogens is 1. The minimum atomic E-state index is -0.211. The summed E-state index contributed by atoms with van der Waals surface area (Å²) < 4.78 is 5.17. The van der Waals surface area contributed by atoms with E-state index in [0.717, 1.165) is 35.7 Å². The van der Waals surface area contributed by atoms with Crippen LogP contribution in [0, 0.1) is 6.92 Å². The third-order valence-corrected chi connectivity index (χ3v) is 4.57. The van der Waals surface area contributed by atoms with Gasteiger partial charge in [-0.2, -0.15) is 0 Å². The Bertz CT molecular complexity index is 958. The average molecular weight is 396 g/mol. The van der Waals surface area contributed by atoms with Crippen LogP contribution in [0.3, 0.4) is 0 Å². The molecule has 28 heavy (non-hydrogen) atoms. The molecule has 0 aliphatic heterocycles. The van der Waals surface area contributed by atoms with Crippen molar-refractivity contribution in [2.24, 2.45) is 0 Å². The number of amides is 1. The Morgan fingerprint density at radius 3 is 2.61 bits per heavy atom. The number of nitrogens with zero attached hydrogens (tertiary/aromatic N) is 1. The summed E-state index contributed by atoms with van der Waals surface area (Å²) in [5.41, 5.74) is 4.13. The molecular weight excluding hydrogens is 374 g/mol. The van der Waals surface area contributed by atoms with Gasteiger partial charge in [-0.1, -0.05) is 23.7 Å². The van der Waals surface area contributed by atoms with E-state index in [1.807, 2.05) is 37.3 Å². The minimum absolute atomic E-state index is 0.211. The second-order valence-electron chi connectivity index (χ2n) is 6.40. The van der Waals surface area contributed by atoms with Crippen molar-refractivity contribution in [2.45, 2.75) is 13.3 Å². The van der Waals surface area contributed by atoms with Gasteiger partial charge in [0.1, 0.15) is 5.75 Å². The van der Waals surface area contributed by atoms with Crippen LogP contribution in [0.2, 0.25) is 5.02 Å². The standard InChI is InChI=1S/C22H22ClN3O2/c1-15-11-18(23)5-8-21(15)26-22(27)17-12-19(14-24-13-17)25-10-9-16-3-6-20(28-2)7-4-16/h3-8,11-14,25H,9-10H2,1-2H3,(H,26,27). The highest BCUT2D eigenvalue weighted by atomic mass is 35.5. The quantitative estimate of drug-likeness (QED) is 0.593. The molecule has 0 bridgehead atoms. The first kappa shape index (κ1) is 19.7. The van der Waals surface area contributed by atoms with Crippen LogP contribution in [-0.4, -0.2) is 24.5 Å². The molecule has 2 N–H and O–H groups in total. The Labute approximate surface area is 169 Å². The number of methoxy groups -OCH3 is 1. The summed E-state index contributed by atoms with van der Waals surface area (Å²) >= 11 is 5.96. The molecule has 1 amide bonds. The highest BCUT2D eigenvalue weighted by Crippen LogP contribution is 2.20. The van der Waals surface area contributed by atoms with E-state index in [4.69, 9.17) is 16.3 Å². The molecule has 0 aliphatic rings. The number of hydrogen-bond acceptors (Lipinski definition) is 4. The Balaban J connectivity index is 1.58. The fraction of sp³-hybridized carbons (Fsp3) is 0.182. The highest BCUT2D eigenvalue weighted by molar-refractivity contribution is 6.30. The van der Waals surface area contributed by atoms with E-state index in [0.29, 0.717) is 10.6 Å². The Morgan fingerprint density at radius 1 is 1.11 bits per heavy atom. The molecule has 0 spiro atoms. The van der Waals surface area contributed by atoms with Gasteiger partial charge in [0, 0.05) is 29.6 Å². The summed E-state index contributed by atoms with van der Waals surface area (Å²) in [6.07, 6.45) is 4.11. The van der Waals surface area contributed by atoms with Crippen LogP contribution in [0.15, 0.2) is 60.9 Å². The van der Waals surface area contributed by atoms with E-state index >= 15 is 0 Å². The molecule has 144 valence electrons. The number of nitrogens with one attached hydrogen (secondary N) is 2. The van der Waals surface area contributed by atoms with Gasteiger partial charge in [0.25, 0.3) is 5.91 Å². The average Bonchev–Trinajstić information content (AvgIpc) is 2.71. The summed E-state index contributed by atoms with van der Waals surface area (Å²) in [6.45, 7) is 2.63. The van der Waals surface area contributed by atoms with Crippen molar-refractivity contribution in [3.05, 3.63) is 82.6 Å². The van der Waals surface area contributed by atoms with E-state index in [9.17, 15) is 4.79 Å². The Kier molecular flexibility index (Phi) is 6.50. The zero-order valence-electron chi connectivity index (χ0n) is 15.8. The predicted octanol–water partition coefficient (Wildman–Crippen LogP) is 4.96. The number of benzene rings is 2. The third-order valence-electron chi connectivity index (χ3n) is 4.34. The van der Waals surface area contributed by atoms with Gasteiger partial charge in [0.15, 0.2) is 0 Å². The fourth-order valence-corrected chi connectivity index (χ4v) is 2.99. The summed E-state index contributed by atoms with van der Waals surface area (Å²) in [5, 5.41) is 6.84. The molecule has 0 atom stereocenters. The van der Waals surface area contributed by atoms with Crippen molar-refractivity contribution >= 4 is 28.9 Å². The minimum Gasteiger partial charge on any atom is -0.497 e. The third kappa shape index (κ3) is 5.24. The smallest absolute Gasteiger partial charge is 0.257 e. The maximum atomic E-state index is 12.5. The lowest BCUT2D eigenvalue weighted by Crippen LogP contribution is -2.14. The molecule has 3 rings (SSSR count). The highest BCUT2D eigenvalue weighted by Gasteiger charge is 2.09. The maximum Gasteiger partial charge on any atom is 0.257 e. The maximum absolute atomic E-state index is 12.5. The first-order valence-corrected chi connectivity index (χ1v) is 9.32. The molecular formula is C22H22ClN3O2. The summed E-state index contributed by atoms with van der Waals surface area (Å²) in [4.78, 5) is 16.7. The zero-order chi connectivity index (χ0) is 19.9. The van der Waals surface area contributed by atoms with Gasteiger partial charge in [-0.05, 0) is 60.9 Å². The van der Waals surface area contributed by atoms with E-state index in [1.54, 1.807) is 37.7 Å². The van der Waals surface area contributed by atoms with Crippen molar-refractivity contribution in [2.75, 3.05) is 24.3 Å². The molecule has 3 aromatic rings. The first-order chi connectivity index (χ1) is 13.5. The Morgan fingerprint density at radius 2 is 1.89 bits per heavy atom. The number of carbonyl (C=O) groups excluding carboxylic acids is 1. The monoisotopic (exact) mass is 395 g/mol. The van der Waals surface area contributed by atoms with Gasteiger partial charge < -0.3 is 15.4 Å². The zero-order valence-corrected chi connectivity index (χ0v) is 16.6. The number of rotatable bonds is 7. The number of anilines is 2. The van der Waals surface area contributed by atoms with Gasteiger partial charge in [-0.3, -0.25) is 9.78 Å². The van der Waals surface area contributed by atoms with Gasteiger partial charge >= 0.3 is 0 Å². The molecule has 5 nitrogen and oxygen atoms in total. The first-order valence-electron chi connectivity index (χ1n) is 8.94. The molecule has 0 unspecified atom stereocenters. The van der Waals surface area contributed by atoms with Crippen LogP contribution < -0.4 is 15.4 Å². The number of ether oxygens (including phenoxy) is 1. The molecule has 1 heterocycles. The van der Waals surface area contributed by atoms with Crippen LogP contribution in [0.5, 0.6) is 5.75 Å². The van der Waals surface area contributed by atoms with Crippen LogP contribution >= 0.6 is 11.6 Å². The summed E-state index contributed by atoms with van der Waals surface area (Å²) in [7, 11) is 1.65. The predicted molar refractivity (Wildman–Crippen MR) is 114 cm³/mol. The molecule has 0 saturated carbocycles. The molecule has 1 aromatic heterocycles. The van der Waals surface area contributed by atoms with Crippen molar-refractivity contribution in [1.29, 1.82) is 0 Å². The topological polar surface area (TPSA) is 63.2 Å². The number of aryl methyl sites for hydroxylation is 1. The molecule has 0 saturated heterocycles. The second-order valence-corrected chi connectivity index (χ2v) is 6.84. The lowest BCUT2D eigenvalue weighted by atomic mass is 10.1. The number of hydrogen-bond donors (Lipinski definition) is 2. The van der Waals surface area contributed by atoms with Crippen LogP contribution in [0.1, 0.15) is 21.5 Å². The molecule has 0 radical (unpaired) electrons. The normalized spacial score (nSPS) is 10.4. The van der Waals surface area contributed by atoms with Gasteiger partial charge in [0.05, 0.1) is 18.4 Å². The van der Waals surface area contributed by atoms with Gasteiger partial charge in [0.2, 0.25) is 0 Å². The number of halogens is 1. The van der Waals surface area contributed by atoms with Crippen LogP contribution in [0.25, 0.3) is 0 Å². The Hall–Kier alpha value is -3.05. The lowest BCUT2D eigenvalue weighted by Gasteiger charge is -2.10. The molecule has 0 fully saturated rings. The molecule has 0 aliphatic carbocycles. The van der Waals surface area contributed by atoms with Crippen molar-refractivity contribution in [3.63, 3.8) is 0 Å². The van der Waals surface area contributed by atoms with Gasteiger partial charge in [-0.15, -0.1) is 0 Å². The summed E-state index contributed by atoms with van der Waals surface area (Å²) in [6, 6.07) is 15.1. The van der Waals surface area contributed by atoms with E-state index in [-0.39, 0.29) is 5.91 Å². The molecule has 2 aromatic carbocycles. The van der Waals surface area contributed by atoms with E-state index in [1.165, 1.54) is 5.56 Å². The lowest BCUT2D eigenvalue weighted by molar-refractivity contribution is 0.102. The number of carbonyl (C=O) groups is 1. The van der Waals surface area contributed by atoms with Crippen LogP contribution in [0.4, 0.5) is 11.4 Å². The number of pyridine rings is 1. The van der Waals surface area contributed by atoms with Gasteiger partial charge in [-0.25, -0.2) is 0 Å². The van der Waals surface area contributed by atoms with Crippen molar-refractivity contribution < 1.29 is 9.53 Å². The van der Waals surface area contributed by atoms with Crippen molar-refractivity contribution in [3.8, 4) is 5.75 Å². The SMILES string of the molecule is COc1ccc(CCNc2cncc(C(=O)Nc3ccc(Cl)cc3C)c2)cc1. The summed E-state index contributed by atoms with van der Waals surface area (Å²) in [5.74, 6) is 0.632. The van der Waals surface area contributed by atoms with E-state index < -0.39 is 0 Å². The van der Waals surface area contributed by atoms with Crippen LogP contribution in [-0.2, 0) is 6.42 Å². The largest absolute Gasteiger partial charge is 0.497 e. The molecule has 6 heteroatoms. The van der Waals surface area contributed by atoms with E-state index in [2.05, 4.69) is 15.6 Å². The fourth-order valence-electron chi connectivity index (χ4n) is 2.77. The second kappa shape index (κ2) is 9.24. The van der Waals surface area contributed by atoms with Crippen molar-refractivity contribution in [1.82, 2.24) is 4.98 Å².